The van der Waals surface area contributed by atoms with Gasteiger partial charge in [-0.1, -0.05) is 30.3 Å². The number of pyridine rings is 1. The number of nitrogens with zero attached hydrogens (tertiary/aromatic N) is 1. The van der Waals surface area contributed by atoms with Gasteiger partial charge in [0.25, 0.3) is 5.56 Å². The Labute approximate surface area is 195 Å². The normalized spacial score (nSPS) is 13.1. The average molecular weight is 457 g/mol. The van der Waals surface area contributed by atoms with E-state index < -0.39 is 17.4 Å². The third kappa shape index (κ3) is 3.69. The number of aryl methyl sites for hydroxylation is 1. The Kier molecular flexibility index (Phi) is 5.33. The van der Waals surface area contributed by atoms with E-state index in [2.05, 4.69) is 5.32 Å². The zero-order chi connectivity index (χ0) is 23.8. The van der Waals surface area contributed by atoms with Crippen molar-refractivity contribution < 1.29 is 19.4 Å². The van der Waals surface area contributed by atoms with Crippen molar-refractivity contribution in [3.8, 4) is 17.2 Å². The minimum Gasteiger partial charge on any atom is -0.506 e. The zero-order valence-corrected chi connectivity index (χ0v) is 18.4. The van der Waals surface area contributed by atoms with E-state index in [1.54, 1.807) is 49.5 Å². The lowest BCUT2D eigenvalue weighted by Gasteiger charge is -2.22. The summed E-state index contributed by atoms with van der Waals surface area (Å²) in [5, 5.41) is 14.6. The van der Waals surface area contributed by atoms with Gasteiger partial charge in [0.05, 0.1) is 22.9 Å². The van der Waals surface area contributed by atoms with Gasteiger partial charge in [-0.3, -0.25) is 9.59 Å². The molecule has 3 aromatic carbocycles. The predicted molar refractivity (Wildman–Crippen MR) is 130 cm³/mol. The van der Waals surface area contributed by atoms with E-state index in [1.807, 2.05) is 24.3 Å². The average Bonchev–Trinajstić information content (AvgIpc) is 3.32. The molecule has 0 saturated carbocycles. The van der Waals surface area contributed by atoms with E-state index in [9.17, 15) is 14.7 Å². The molecule has 0 spiro atoms. The predicted octanol–water partition coefficient (Wildman–Crippen LogP) is 3.98. The summed E-state index contributed by atoms with van der Waals surface area (Å²) >= 11 is 0. The molecule has 1 atom stereocenters. The molecule has 0 unspecified atom stereocenters. The van der Waals surface area contributed by atoms with Gasteiger partial charge in [0, 0.05) is 18.9 Å². The van der Waals surface area contributed by atoms with Gasteiger partial charge in [-0.05, 0) is 42.0 Å². The molecule has 172 valence electrons. The van der Waals surface area contributed by atoms with Crippen LogP contribution < -0.4 is 26.1 Å². The first kappa shape index (κ1) is 21.4. The number of carbonyl (C=O) groups excluding carboxylic acids is 1. The Morgan fingerprint density at radius 3 is 2.65 bits per heavy atom. The number of aromatic hydroxyl groups is 1. The van der Waals surface area contributed by atoms with Crippen LogP contribution in [0, 0.1) is 0 Å². The Balaban J connectivity index is 1.56. The molecule has 4 aromatic rings. The highest BCUT2D eigenvalue weighted by Gasteiger charge is 2.26. The van der Waals surface area contributed by atoms with Crippen LogP contribution in [0.3, 0.4) is 0 Å². The monoisotopic (exact) mass is 457 g/mol. The second-order valence-corrected chi connectivity index (χ2v) is 8.13. The third-order valence-corrected chi connectivity index (χ3v) is 6.03. The Bertz CT molecular complexity index is 1480. The zero-order valence-electron chi connectivity index (χ0n) is 18.4. The fraction of sp³-hybridized carbons (Fsp3) is 0.154. The largest absolute Gasteiger partial charge is 0.506 e. The van der Waals surface area contributed by atoms with E-state index >= 15 is 0 Å². The van der Waals surface area contributed by atoms with Crippen LogP contribution in [0.4, 0.5) is 11.4 Å². The summed E-state index contributed by atoms with van der Waals surface area (Å²) in [7, 11) is 1.58. The molecule has 0 bridgehead atoms. The molecule has 0 fully saturated rings. The molecule has 5 rings (SSSR count). The highest BCUT2D eigenvalue weighted by molar-refractivity contribution is 6.04. The van der Waals surface area contributed by atoms with Crippen LogP contribution >= 0.6 is 0 Å². The Hall–Kier alpha value is -4.46. The molecule has 0 saturated heterocycles. The number of fused-ring (bicyclic) bond motifs is 2. The van der Waals surface area contributed by atoms with Gasteiger partial charge in [-0.25, -0.2) is 0 Å². The smallest absolute Gasteiger partial charge is 0.265 e. The maximum absolute atomic E-state index is 13.5. The Morgan fingerprint density at radius 2 is 1.82 bits per heavy atom. The highest BCUT2D eigenvalue weighted by atomic mass is 16.7. The van der Waals surface area contributed by atoms with E-state index in [-0.39, 0.29) is 24.5 Å². The first-order valence-corrected chi connectivity index (χ1v) is 10.8. The minimum absolute atomic E-state index is 0.102. The number of carbonyl (C=O) groups is 1. The number of benzene rings is 3. The van der Waals surface area contributed by atoms with Crippen molar-refractivity contribution in [1.29, 1.82) is 0 Å². The number of aromatic nitrogens is 1. The first-order chi connectivity index (χ1) is 16.4. The van der Waals surface area contributed by atoms with Crippen LogP contribution in [0.1, 0.15) is 28.4 Å². The molecule has 1 aliphatic heterocycles. The molecular weight excluding hydrogens is 434 g/mol. The van der Waals surface area contributed by atoms with Crippen molar-refractivity contribution in [2.45, 2.75) is 12.5 Å². The first-order valence-electron chi connectivity index (χ1n) is 10.8. The Morgan fingerprint density at radius 1 is 1.09 bits per heavy atom. The summed E-state index contributed by atoms with van der Waals surface area (Å²) < 4.78 is 12.3. The van der Waals surface area contributed by atoms with Gasteiger partial charge < -0.3 is 30.2 Å². The number of ketones is 1. The molecule has 0 amide bonds. The van der Waals surface area contributed by atoms with Crippen molar-refractivity contribution >= 4 is 28.1 Å². The van der Waals surface area contributed by atoms with E-state index in [0.717, 1.165) is 5.56 Å². The topological polar surface area (TPSA) is 116 Å². The second kappa shape index (κ2) is 8.47. The van der Waals surface area contributed by atoms with Crippen molar-refractivity contribution in [1.82, 2.24) is 4.57 Å². The number of nitrogen functional groups attached to an aromatic ring is 1. The van der Waals surface area contributed by atoms with Crippen LogP contribution in [-0.4, -0.2) is 22.2 Å². The molecule has 4 N–H and O–H groups in total. The number of nitrogens with one attached hydrogen (secondary N) is 1. The van der Waals surface area contributed by atoms with Crippen LogP contribution in [0.15, 0.2) is 71.5 Å². The van der Waals surface area contributed by atoms with E-state index in [4.69, 9.17) is 15.2 Å². The molecule has 8 nitrogen and oxygen atoms in total. The number of Topliss-reactive ketones (excluding diaryl/α,β-unsaturated/α-hetero) is 1. The fourth-order valence-electron chi connectivity index (χ4n) is 4.22. The van der Waals surface area contributed by atoms with E-state index in [1.165, 1.54) is 4.57 Å². The van der Waals surface area contributed by atoms with Gasteiger partial charge >= 0.3 is 0 Å². The van der Waals surface area contributed by atoms with Crippen molar-refractivity contribution in [3.05, 3.63) is 88.2 Å². The van der Waals surface area contributed by atoms with Crippen LogP contribution in [0.2, 0.25) is 0 Å². The fourth-order valence-corrected chi connectivity index (χ4v) is 4.22. The van der Waals surface area contributed by atoms with Crippen LogP contribution in [0.5, 0.6) is 17.2 Å². The summed E-state index contributed by atoms with van der Waals surface area (Å²) in [4.78, 5) is 26.5. The molecule has 8 heteroatoms. The minimum atomic E-state index is -0.553. The van der Waals surface area contributed by atoms with Gasteiger partial charge in [0.15, 0.2) is 17.3 Å². The summed E-state index contributed by atoms with van der Waals surface area (Å²) in [6, 6.07) is 19.0. The maximum atomic E-state index is 13.5. The van der Waals surface area contributed by atoms with E-state index in [0.29, 0.717) is 33.8 Å². The summed E-state index contributed by atoms with van der Waals surface area (Å²) in [5.74, 6) is 0.386. The molecular formula is C26H23N3O5. The molecule has 0 radical (unpaired) electrons. The molecule has 0 aliphatic carbocycles. The number of nitrogens with two attached hydrogens (primary N) is 1. The summed E-state index contributed by atoms with van der Waals surface area (Å²) in [5.41, 5.74) is 7.79. The van der Waals surface area contributed by atoms with Crippen LogP contribution in [-0.2, 0) is 7.05 Å². The standard InChI is InChI=1S/C26H23N3O5/c1-29-20-9-5-2-6-16(20)25(31)24(26(29)32)21(30)13-19(28-18-8-4-3-7-17(18)27)15-10-11-22-23(12-15)34-14-33-22/h2-12,19,28,31H,13-14,27H2,1H3/t19-/m1/s1. The van der Waals surface area contributed by atoms with Gasteiger partial charge in [0.1, 0.15) is 11.3 Å². The lowest BCUT2D eigenvalue weighted by atomic mass is 9.96. The third-order valence-electron chi connectivity index (χ3n) is 6.03. The number of hydrogen-bond acceptors (Lipinski definition) is 7. The molecule has 1 aromatic heterocycles. The molecule has 34 heavy (non-hydrogen) atoms. The van der Waals surface area contributed by atoms with Gasteiger partial charge in [0.2, 0.25) is 6.79 Å². The number of ether oxygens (including phenoxy) is 2. The number of rotatable bonds is 6. The summed E-state index contributed by atoms with van der Waals surface area (Å²) in [6.45, 7) is 0.127. The molecule has 1 aliphatic rings. The number of hydrogen-bond donors (Lipinski definition) is 3. The quantitative estimate of drug-likeness (QED) is 0.296. The van der Waals surface area contributed by atoms with Crippen LogP contribution in [0.25, 0.3) is 10.9 Å². The second-order valence-electron chi connectivity index (χ2n) is 8.13. The lowest BCUT2D eigenvalue weighted by Crippen LogP contribution is -2.27. The molecule has 2 heterocycles. The van der Waals surface area contributed by atoms with Crippen molar-refractivity contribution in [2.24, 2.45) is 7.05 Å². The van der Waals surface area contributed by atoms with Gasteiger partial charge in [-0.15, -0.1) is 0 Å². The summed E-state index contributed by atoms with van der Waals surface area (Å²) in [6.07, 6.45) is -0.102. The maximum Gasteiger partial charge on any atom is 0.265 e. The van der Waals surface area contributed by atoms with Crippen molar-refractivity contribution in [3.63, 3.8) is 0 Å². The van der Waals surface area contributed by atoms with Crippen molar-refractivity contribution in [2.75, 3.05) is 17.8 Å². The van der Waals surface area contributed by atoms with Gasteiger partial charge in [-0.2, -0.15) is 0 Å². The number of para-hydroxylation sites is 3. The lowest BCUT2D eigenvalue weighted by molar-refractivity contribution is 0.0972. The highest BCUT2D eigenvalue weighted by Crippen LogP contribution is 2.37. The number of anilines is 2. The SMILES string of the molecule is Cn1c(=O)c(C(=O)C[C@@H](Nc2ccccc2N)c2ccc3c(c2)OCO3)c(O)c2ccccc21.